The average molecular weight is 334 g/mol. The Kier molecular flexibility index (Phi) is 3.98. The molecule has 0 unspecified atom stereocenters. The van der Waals surface area contributed by atoms with E-state index in [1.165, 1.54) is 11.1 Å². The maximum absolute atomic E-state index is 12.0. The highest BCUT2D eigenvalue weighted by Crippen LogP contribution is 2.30. The summed E-state index contributed by atoms with van der Waals surface area (Å²) in [6.07, 6.45) is 0.967. The molecule has 0 spiro atoms. The van der Waals surface area contributed by atoms with Gasteiger partial charge in [-0.3, -0.25) is 4.79 Å². The van der Waals surface area contributed by atoms with Crippen molar-refractivity contribution in [3.05, 3.63) is 71.1 Å². The highest BCUT2D eigenvalue weighted by Gasteiger charge is 2.13. The number of carbonyl (C=O) groups is 1. The molecule has 5 heteroatoms. The normalized spacial score (nSPS) is 12.5. The summed E-state index contributed by atoms with van der Waals surface area (Å²) in [5, 5.41) is 6.55. The van der Waals surface area contributed by atoms with E-state index in [0.717, 1.165) is 29.9 Å². The van der Waals surface area contributed by atoms with Gasteiger partial charge in [-0.2, -0.15) is 0 Å². The van der Waals surface area contributed by atoms with E-state index in [0.29, 0.717) is 12.2 Å². The second-order valence-electron chi connectivity index (χ2n) is 6.13. The molecule has 5 nitrogen and oxygen atoms in total. The minimum Gasteiger partial charge on any atom is -0.493 e. The van der Waals surface area contributed by atoms with Gasteiger partial charge < -0.3 is 14.6 Å². The van der Waals surface area contributed by atoms with Crippen LogP contribution in [0.1, 0.15) is 27.4 Å². The number of aryl methyl sites for hydroxylation is 1. The summed E-state index contributed by atoms with van der Waals surface area (Å²) in [6, 6.07) is 16.1. The zero-order chi connectivity index (χ0) is 17.2. The zero-order valence-electron chi connectivity index (χ0n) is 13.9. The molecule has 126 valence electrons. The Labute approximate surface area is 145 Å². The second-order valence-corrected chi connectivity index (χ2v) is 6.13. The predicted octanol–water partition coefficient (Wildman–Crippen LogP) is 3.51. The van der Waals surface area contributed by atoms with Gasteiger partial charge in [0.25, 0.3) is 5.91 Å². The third-order valence-corrected chi connectivity index (χ3v) is 4.28. The number of amides is 1. The number of nitrogens with one attached hydrogen (secondary N) is 1. The quantitative estimate of drug-likeness (QED) is 0.793. The second kappa shape index (κ2) is 6.43. The molecule has 0 fully saturated rings. The Bertz CT molecular complexity index is 913. The van der Waals surface area contributed by atoms with Crippen LogP contribution in [-0.2, 0) is 13.0 Å². The largest absolute Gasteiger partial charge is 0.493 e. The Balaban J connectivity index is 1.42. The van der Waals surface area contributed by atoms with E-state index in [1.807, 2.05) is 18.2 Å². The summed E-state index contributed by atoms with van der Waals surface area (Å²) in [7, 11) is 0. The number of hydrogen-bond acceptors (Lipinski definition) is 4. The van der Waals surface area contributed by atoms with Crippen LogP contribution in [0.4, 0.5) is 0 Å². The molecule has 2 aromatic carbocycles. The molecule has 0 saturated heterocycles. The van der Waals surface area contributed by atoms with Crippen molar-refractivity contribution in [2.24, 2.45) is 0 Å². The van der Waals surface area contributed by atoms with E-state index >= 15 is 0 Å². The van der Waals surface area contributed by atoms with Crippen molar-refractivity contribution in [1.82, 2.24) is 10.5 Å². The maximum Gasteiger partial charge on any atom is 0.290 e. The third kappa shape index (κ3) is 3.26. The molecule has 4 rings (SSSR count). The first-order valence-corrected chi connectivity index (χ1v) is 8.25. The molecular weight excluding hydrogens is 316 g/mol. The number of benzene rings is 2. The summed E-state index contributed by atoms with van der Waals surface area (Å²) in [5.41, 5.74) is 5.30. The first-order valence-electron chi connectivity index (χ1n) is 8.25. The third-order valence-electron chi connectivity index (χ3n) is 4.28. The van der Waals surface area contributed by atoms with Gasteiger partial charge in [-0.25, -0.2) is 0 Å². The Morgan fingerprint density at radius 2 is 1.92 bits per heavy atom. The maximum atomic E-state index is 12.0. The number of hydrogen-bond donors (Lipinski definition) is 1. The molecule has 1 N–H and O–H groups in total. The molecule has 0 bridgehead atoms. The molecule has 0 radical (unpaired) electrons. The van der Waals surface area contributed by atoms with Crippen molar-refractivity contribution in [2.45, 2.75) is 19.9 Å². The van der Waals surface area contributed by atoms with Gasteiger partial charge in [0.2, 0.25) is 5.76 Å². The van der Waals surface area contributed by atoms with E-state index in [4.69, 9.17) is 9.26 Å². The molecule has 0 aliphatic carbocycles. The predicted molar refractivity (Wildman–Crippen MR) is 93.5 cm³/mol. The zero-order valence-corrected chi connectivity index (χ0v) is 13.9. The molecule has 1 aromatic heterocycles. The number of rotatable bonds is 4. The molecule has 3 aromatic rings. The summed E-state index contributed by atoms with van der Waals surface area (Å²) in [6.45, 7) is 2.99. The highest BCUT2D eigenvalue weighted by atomic mass is 16.5. The van der Waals surface area contributed by atoms with Crippen molar-refractivity contribution in [3.8, 4) is 16.9 Å². The van der Waals surface area contributed by atoms with Gasteiger partial charge in [-0.05, 0) is 41.3 Å². The molecule has 0 saturated carbocycles. The van der Waals surface area contributed by atoms with Crippen LogP contribution in [0.15, 0.2) is 53.1 Å². The number of aromatic nitrogens is 1. The fraction of sp³-hybridized carbons (Fsp3) is 0.200. The Hall–Kier alpha value is -3.08. The van der Waals surface area contributed by atoms with E-state index < -0.39 is 0 Å². The van der Waals surface area contributed by atoms with Crippen LogP contribution < -0.4 is 10.1 Å². The van der Waals surface area contributed by atoms with Crippen molar-refractivity contribution in [2.75, 3.05) is 6.61 Å². The van der Waals surface area contributed by atoms with Gasteiger partial charge in [-0.15, -0.1) is 0 Å². The first kappa shape index (κ1) is 15.4. The van der Waals surface area contributed by atoms with Crippen molar-refractivity contribution in [1.29, 1.82) is 0 Å². The van der Waals surface area contributed by atoms with E-state index in [2.05, 4.69) is 34.7 Å². The fourth-order valence-corrected chi connectivity index (χ4v) is 2.92. The van der Waals surface area contributed by atoms with Gasteiger partial charge in [0.05, 0.1) is 12.3 Å². The molecule has 1 amide bonds. The SMILES string of the molecule is Cc1cc(C(=O)NCc2ccc(-c3ccc4c(c3)CCO4)cc2)on1. The van der Waals surface area contributed by atoms with Crippen LogP contribution in [0.5, 0.6) is 5.75 Å². The lowest BCUT2D eigenvalue weighted by Gasteiger charge is -2.07. The molecular formula is C20H18N2O3. The molecule has 2 heterocycles. The van der Waals surface area contributed by atoms with Gasteiger partial charge in [0.1, 0.15) is 5.75 Å². The van der Waals surface area contributed by atoms with Crippen LogP contribution in [0.3, 0.4) is 0 Å². The topological polar surface area (TPSA) is 64.4 Å². The lowest BCUT2D eigenvalue weighted by atomic mass is 10.0. The van der Waals surface area contributed by atoms with Gasteiger partial charge in [0, 0.05) is 19.0 Å². The monoisotopic (exact) mass is 334 g/mol. The fourth-order valence-electron chi connectivity index (χ4n) is 2.92. The van der Waals surface area contributed by atoms with E-state index in [1.54, 1.807) is 13.0 Å². The van der Waals surface area contributed by atoms with Gasteiger partial charge >= 0.3 is 0 Å². The van der Waals surface area contributed by atoms with Crippen LogP contribution in [0, 0.1) is 6.92 Å². The molecule has 25 heavy (non-hydrogen) atoms. The lowest BCUT2D eigenvalue weighted by molar-refractivity contribution is 0.0914. The number of nitrogens with zero attached hydrogens (tertiary/aromatic N) is 1. The number of carbonyl (C=O) groups excluding carboxylic acids is 1. The van der Waals surface area contributed by atoms with Crippen molar-refractivity contribution in [3.63, 3.8) is 0 Å². The Morgan fingerprint density at radius 3 is 2.68 bits per heavy atom. The van der Waals surface area contributed by atoms with E-state index in [-0.39, 0.29) is 11.7 Å². The number of ether oxygens (including phenoxy) is 1. The van der Waals surface area contributed by atoms with Gasteiger partial charge in [-0.1, -0.05) is 35.5 Å². The van der Waals surface area contributed by atoms with Crippen LogP contribution >= 0.6 is 0 Å². The van der Waals surface area contributed by atoms with Gasteiger partial charge in [0.15, 0.2) is 0 Å². The standard InChI is InChI=1S/C20H18N2O3/c1-13-10-19(25-22-13)20(23)21-12-14-2-4-15(5-3-14)16-6-7-18-17(11-16)8-9-24-18/h2-7,10-11H,8-9,12H2,1H3,(H,21,23). The summed E-state index contributed by atoms with van der Waals surface area (Å²) in [5.74, 6) is 0.962. The van der Waals surface area contributed by atoms with Crippen LogP contribution in [0.2, 0.25) is 0 Å². The minimum atomic E-state index is -0.261. The molecule has 1 aliphatic heterocycles. The lowest BCUT2D eigenvalue weighted by Crippen LogP contribution is -2.22. The number of fused-ring (bicyclic) bond motifs is 1. The van der Waals surface area contributed by atoms with Crippen molar-refractivity contribution >= 4 is 5.91 Å². The highest BCUT2D eigenvalue weighted by molar-refractivity contribution is 5.91. The summed E-state index contributed by atoms with van der Waals surface area (Å²) < 4.78 is 10.5. The van der Waals surface area contributed by atoms with Crippen molar-refractivity contribution < 1.29 is 14.1 Å². The molecule has 1 aliphatic rings. The van der Waals surface area contributed by atoms with Crippen LogP contribution in [0.25, 0.3) is 11.1 Å². The first-order chi connectivity index (χ1) is 12.2. The summed E-state index contributed by atoms with van der Waals surface area (Å²) >= 11 is 0. The molecule has 0 atom stereocenters. The smallest absolute Gasteiger partial charge is 0.290 e. The average Bonchev–Trinajstić information content (AvgIpc) is 3.28. The Morgan fingerprint density at radius 1 is 1.12 bits per heavy atom. The van der Waals surface area contributed by atoms with Crippen LogP contribution in [-0.4, -0.2) is 17.7 Å². The minimum absolute atomic E-state index is 0.231. The van der Waals surface area contributed by atoms with E-state index in [9.17, 15) is 4.79 Å². The summed E-state index contributed by atoms with van der Waals surface area (Å²) in [4.78, 5) is 12.0.